The molecule has 4 heteroatoms. The van der Waals surface area contributed by atoms with Gasteiger partial charge in [0.15, 0.2) is 0 Å². The van der Waals surface area contributed by atoms with Crippen LogP contribution in [0.5, 0.6) is 0 Å². The zero-order valence-electron chi connectivity index (χ0n) is 12.8. The summed E-state index contributed by atoms with van der Waals surface area (Å²) in [6.07, 6.45) is 1.19. The van der Waals surface area contributed by atoms with E-state index < -0.39 is 0 Å². The number of nitrogens with zero attached hydrogens (tertiary/aromatic N) is 3. The van der Waals surface area contributed by atoms with Gasteiger partial charge in [-0.15, -0.1) is 0 Å². The minimum absolute atomic E-state index is 0.341. The van der Waals surface area contributed by atoms with E-state index in [2.05, 4.69) is 35.5 Å². The maximum atomic E-state index is 12.3. The second-order valence-electron chi connectivity index (χ2n) is 6.34. The second kappa shape index (κ2) is 6.71. The molecular formula is C15H29N3O. The van der Waals surface area contributed by atoms with E-state index in [9.17, 15) is 4.79 Å². The molecule has 2 fully saturated rings. The third-order valence-electron chi connectivity index (χ3n) is 4.79. The second-order valence-corrected chi connectivity index (χ2v) is 6.34. The number of piperazine rings is 1. The summed E-state index contributed by atoms with van der Waals surface area (Å²) in [4.78, 5) is 19.2. The zero-order valence-corrected chi connectivity index (χ0v) is 12.8. The summed E-state index contributed by atoms with van der Waals surface area (Å²) in [7, 11) is 0. The highest BCUT2D eigenvalue weighted by molar-refractivity contribution is 5.78. The largest absolute Gasteiger partial charge is 0.341 e. The summed E-state index contributed by atoms with van der Waals surface area (Å²) in [5.74, 6) is 1.75. The number of hydrogen-bond donors (Lipinski definition) is 0. The molecule has 1 amide bonds. The number of likely N-dealkylation sites (N-methyl/N-ethyl adjacent to an activating group) is 1. The summed E-state index contributed by atoms with van der Waals surface area (Å²) in [6, 6.07) is 0. The molecular weight excluding hydrogens is 238 g/mol. The van der Waals surface area contributed by atoms with Gasteiger partial charge in [-0.25, -0.2) is 0 Å². The van der Waals surface area contributed by atoms with Gasteiger partial charge in [-0.2, -0.15) is 0 Å². The Morgan fingerprint density at radius 3 is 2.26 bits per heavy atom. The van der Waals surface area contributed by atoms with Gasteiger partial charge in [0.05, 0.1) is 6.54 Å². The summed E-state index contributed by atoms with van der Waals surface area (Å²) in [5.41, 5.74) is 0. The van der Waals surface area contributed by atoms with E-state index in [1.807, 2.05) is 0 Å². The molecule has 1 atom stereocenters. The van der Waals surface area contributed by atoms with E-state index in [0.29, 0.717) is 24.3 Å². The maximum absolute atomic E-state index is 12.3. The molecule has 0 saturated carbocycles. The van der Waals surface area contributed by atoms with Crippen LogP contribution in [-0.4, -0.2) is 73.0 Å². The van der Waals surface area contributed by atoms with Crippen molar-refractivity contribution in [2.24, 2.45) is 11.8 Å². The Balaban J connectivity index is 1.73. The van der Waals surface area contributed by atoms with Crippen LogP contribution in [0.3, 0.4) is 0 Å². The SMILES string of the molecule is CCN1CCN(CC(=O)N2CCC(C(C)C)C2)CC1. The highest BCUT2D eigenvalue weighted by Gasteiger charge is 2.29. The Labute approximate surface area is 117 Å². The van der Waals surface area contributed by atoms with Gasteiger partial charge in [-0.1, -0.05) is 20.8 Å². The average molecular weight is 267 g/mol. The molecule has 0 bridgehead atoms. The van der Waals surface area contributed by atoms with E-state index >= 15 is 0 Å². The highest BCUT2D eigenvalue weighted by Crippen LogP contribution is 2.23. The van der Waals surface area contributed by atoms with Crippen molar-refractivity contribution >= 4 is 5.91 Å². The fourth-order valence-corrected chi connectivity index (χ4v) is 3.11. The van der Waals surface area contributed by atoms with Gasteiger partial charge in [-0.3, -0.25) is 9.69 Å². The van der Waals surface area contributed by atoms with Crippen molar-refractivity contribution in [3.63, 3.8) is 0 Å². The number of amides is 1. The first-order valence-corrected chi connectivity index (χ1v) is 7.82. The van der Waals surface area contributed by atoms with Crippen LogP contribution in [0.25, 0.3) is 0 Å². The standard InChI is InChI=1S/C15H29N3O/c1-4-16-7-9-17(10-8-16)12-15(19)18-6-5-14(11-18)13(2)3/h13-14H,4-12H2,1-3H3. The van der Waals surface area contributed by atoms with Crippen LogP contribution in [0.4, 0.5) is 0 Å². The van der Waals surface area contributed by atoms with Gasteiger partial charge >= 0.3 is 0 Å². The van der Waals surface area contributed by atoms with E-state index in [1.54, 1.807) is 0 Å². The lowest BCUT2D eigenvalue weighted by Crippen LogP contribution is -2.49. The fourth-order valence-electron chi connectivity index (χ4n) is 3.11. The van der Waals surface area contributed by atoms with Crippen molar-refractivity contribution in [3.8, 4) is 0 Å². The van der Waals surface area contributed by atoms with E-state index in [4.69, 9.17) is 0 Å². The lowest BCUT2D eigenvalue weighted by Gasteiger charge is -2.34. The number of carbonyl (C=O) groups excluding carboxylic acids is 1. The minimum Gasteiger partial charge on any atom is -0.341 e. The quantitative estimate of drug-likeness (QED) is 0.764. The van der Waals surface area contributed by atoms with Crippen molar-refractivity contribution in [2.45, 2.75) is 27.2 Å². The third-order valence-corrected chi connectivity index (χ3v) is 4.79. The van der Waals surface area contributed by atoms with Crippen LogP contribution < -0.4 is 0 Å². The molecule has 2 aliphatic heterocycles. The van der Waals surface area contributed by atoms with Crippen LogP contribution >= 0.6 is 0 Å². The molecule has 0 aliphatic carbocycles. The summed E-state index contributed by atoms with van der Waals surface area (Å²) in [6.45, 7) is 14.7. The highest BCUT2D eigenvalue weighted by atomic mass is 16.2. The topological polar surface area (TPSA) is 26.8 Å². The van der Waals surface area contributed by atoms with Crippen LogP contribution in [0.1, 0.15) is 27.2 Å². The Morgan fingerprint density at radius 1 is 1.11 bits per heavy atom. The minimum atomic E-state index is 0.341. The van der Waals surface area contributed by atoms with Gasteiger partial charge in [0.2, 0.25) is 5.91 Å². The lowest BCUT2D eigenvalue weighted by molar-refractivity contribution is -0.132. The van der Waals surface area contributed by atoms with Crippen molar-refractivity contribution < 1.29 is 4.79 Å². The summed E-state index contributed by atoms with van der Waals surface area (Å²) < 4.78 is 0. The normalized spacial score (nSPS) is 26.3. The van der Waals surface area contributed by atoms with Crippen LogP contribution in [-0.2, 0) is 4.79 Å². The first-order valence-electron chi connectivity index (χ1n) is 7.82. The van der Waals surface area contributed by atoms with Gasteiger partial charge in [0.1, 0.15) is 0 Å². The molecule has 0 aromatic heterocycles. The molecule has 0 aromatic carbocycles. The van der Waals surface area contributed by atoms with Crippen LogP contribution in [0, 0.1) is 11.8 Å². The summed E-state index contributed by atoms with van der Waals surface area (Å²) >= 11 is 0. The van der Waals surface area contributed by atoms with Crippen molar-refractivity contribution in [3.05, 3.63) is 0 Å². The van der Waals surface area contributed by atoms with Crippen molar-refractivity contribution in [2.75, 3.05) is 52.4 Å². The van der Waals surface area contributed by atoms with Gasteiger partial charge in [0.25, 0.3) is 0 Å². The number of hydrogen-bond acceptors (Lipinski definition) is 3. The van der Waals surface area contributed by atoms with E-state index in [0.717, 1.165) is 45.8 Å². The molecule has 19 heavy (non-hydrogen) atoms. The molecule has 110 valence electrons. The Hall–Kier alpha value is -0.610. The number of likely N-dealkylation sites (tertiary alicyclic amines) is 1. The fraction of sp³-hybridized carbons (Fsp3) is 0.933. The molecule has 2 saturated heterocycles. The van der Waals surface area contributed by atoms with Crippen LogP contribution in [0.15, 0.2) is 0 Å². The predicted molar refractivity (Wildman–Crippen MR) is 78.1 cm³/mol. The lowest BCUT2D eigenvalue weighted by atomic mass is 9.95. The summed E-state index contributed by atoms with van der Waals surface area (Å²) in [5, 5.41) is 0. The van der Waals surface area contributed by atoms with E-state index in [1.165, 1.54) is 6.42 Å². The Morgan fingerprint density at radius 2 is 1.74 bits per heavy atom. The average Bonchev–Trinajstić information content (AvgIpc) is 2.89. The van der Waals surface area contributed by atoms with Crippen molar-refractivity contribution in [1.29, 1.82) is 0 Å². The maximum Gasteiger partial charge on any atom is 0.236 e. The number of carbonyl (C=O) groups is 1. The molecule has 0 N–H and O–H groups in total. The van der Waals surface area contributed by atoms with Crippen LogP contribution in [0.2, 0.25) is 0 Å². The molecule has 1 unspecified atom stereocenters. The van der Waals surface area contributed by atoms with Gasteiger partial charge in [0, 0.05) is 39.3 Å². The van der Waals surface area contributed by atoms with E-state index in [-0.39, 0.29) is 0 Å². The third kappa shape index (κ3) is 3.93. The van der Waals surface area contributed by atoms with Gasteiger partial charge in [-0.05, 0) is 24.8 Å². The molecule has 0 aromatic rings. The Kier molecular flexibility index (Phi) is 5.22. The van der Waals surface area contributed by atoms with Gasteiger partial charge < -0.3 is 9.80 Å². The predicted octanol–water partition coefficient (Wildman–Crippen LogP) is 1.13. The monoisotopic (exact) mass is 267 g/mol. The van der Waals surface area contributed by atoms with Crippen molar-refractivity contribution in [1.82, 2.24) is 14.7 Å². The number of rotatable bonds is 4. The molecule has 2 heterocycles. The first kappa shape index (κ1) is 14.8. The molecule has 4 nitrogen and oxygen atoms in total. The zero-order chi connectivity index (χ0) is 13.8. The molecule has 2 aliphatic rings. The Bertz CT molecular complexity index is 298. The molecule has 0 spiro atoms. The smallest absolute Gasteiger partial charge is 0.236 e. The molecule has 0 radical (unpaired) electrons. The molecule has 2 rings (SSSR count). The first-order chi connectivity index (χ1) is 9.10.